The third kappa shape index (κ3) is 3.30. The summed E-state index contributed by atoms with van der Waals surface area (Å²) >= 11 is 0. The van der Waals surface area contributed by atoms with Crippen molar-refractivity contribution in [3.05, 3.63) is 16.7 Å². The maximum absolute atomic E-state index is 12.3. The number of nitrogens with zero attached hydrogens (tertiary/aromatic N) is 3. The van der Waals surface area contributed by atoms with E-state index in [0.29, 0.717) is 5.65 Å². The number of hydrogen-bond acceptors (Lipinski definition) is 7. The monoisotopic (exact) mass is 437 g/mol. The number of anilines is 1. The molecule has 1 aliphatic rings. The molecule has 168 valence electrons. The van der Waals surface area contributed by atoms with Crippen molar-refractivity contribution in [3.8, 4) is 0 Å². The van der Waals surface area contributed by atoms with Crippen LogP contribution in [0.1, 0.15) is 48.0 Å². The maximum atomic E-state index is 12.3. The second-order valence-corrected chi connectivity index (χ2v) is 14.1. The van der Waals surface area contributed by atoms with E-state index in [-0.39, 0.29) is 17.9 Å². The standard InChI is InChI=1S/C20H35N5O4Si/c1-17(2,3)12(26)13-19(28,18(4,5)6)9-20(29-13,30(7)8)25-10-22-11-14(25)23-16(21)24-15(11)27/h10,12-13,26,28,30H,9H2,1-8H3,(H3,21,23,24,27)/t12?,13-,19+,20+/m1/s1. The first-order chi connectivity index (χ1) is 13.5. The summed E-state index contributed by atoms with van der Waals surface area (Å²) in [4.78, 5) is 23.4. The summed E-state index contributed by atoms with van der Waals surface area (Å²) in [5.74, 6) is -0.00909. The number of imidazole rings is 1. The summed E-state index contributed by atoms with van der Waals surface area (Å²) in [6.07, 6.45) is 0.0519. The van der Waals surface area contributed by atoms with Gasteiger partial charge in [0.2, 0.25) is 5.95 Å². The number of nitrogens with two attached hydrogens (primary N) is 1. The Morgan fingerprint density at radius 2 is 1.93 bits per heavy atom. The van der Waals surface area contributed by atoms with Crippen LogP contribution in [-0.4, -0.2) is 56.3 Å². The first-order valence-corrected chi connectivity index (χ1v) is 13.2. The van der Waals surface area contributed by atoms with Crippen molar-refractivity contribution in [2.75, 3.05) is 5.73 Å². The van der Waals surface area contributed by atoms with Gasteiger partial charge in [-0.25, -0.2) is 4.98 Å². The van der Waals surface area contributed by atoms with Crippen LogP contribution in [0.25, 0.3) is 11.2 Å². The zero-order chi connectivity index (χ0) is 22.9. The molecule has 3 rings (SSSR count). The molecule has 0 aromatic carbocycles. The number of H-pyrrole nitrogens is 1. The normalized spacial score (nSPS) is 29.1. The topological polar surface area (TPSA) is 139 Å². The zero-order valence-corrected chi connectivity index (χ0v) is 20.3. The number of fused-ring (bicyclic) bond motifs is 1. The molecule has 1 saturated heterocycles. The highest BCUT2D eigenvalue weighted by Gasteiger charge is 2.65. The molecule has 2 aromatic rings. The summed E-state index contributed by atoms with van der Waals surface area (Å²) in [5, 5.41) is 22.2. The van der Waals surface area contributed by atoms with Gasteiger partial charge in [-0.1, -0.05) is 54.6 Å². The Morgan fingerprint density at radius 3 is 2.43 bits per heavy atom. The molecule has 0 radical (unpaired) electrons. The first kappa shape index (κ1) is 22.9. The molecular formula is C20H35N5O4Si. The Balaban J connectivity index is 2.27. The summed E-state index contributed by atoms with van der Waals surface area (Å²) < 4.78 is 8.41. The van der Waals surface area contributed by atoms with E-state index in [1.54, 1.807) is 4.57 Å². The predicted octanol–water partition coefficient (Wildman–Crippen LogP) is 1.35. The molecule has 4 atom stereocenters. The molecule has 1 fully saturated rings. The van der Waals surface area contributed by atoms with E-state index in [1.807, 2.05) is 41.5 Å². The Hall–Kier alpha value is -1.75. The van der Waals surface area contributed by atoms with Crippen LogP contribution in [0.5, 0.6) is 0 Å². The summed E-state index contributed by atoms with van der Waals surface area (Å²) in [7, 11) is -1.74. The Kier molecular flexibility index (Phi) is 5.25. The molecule has 2 aromatic heterocycles. The van der Waals surface area contributed by atoms with Gasteiger partial charge in [-0.15, -0.1) is 0 Å². The molecule has 1 aliphatic heterocycles. The molecule has 1 unspecified atom stereocenters. The zero-order valence-electron chi connectivity index (χ0n) is 19.1. The number of aromatic nitrogens is 4. The fourth-order valence-electron chi connectivity index (χ4n) is 4.28. The fourth-order valence-corrected chi connectivity index (χ4v) is 6.16. The Labute approximate surface area is 178 Å². The number of rotatable bonds is 3. The van der Waals surface area contributed by atoms with Gasteiger partial charge < -0.3 is 20.7 Å². The van der Waals surface area contributed by atoms with E-state index in [1.165, 1.54) is 6.33 Å². The number of nitrogen functional groups attached to an aromatic ring is 1. The average molecular weight is 438 g/mol. The lowest BCUT2D eigenvalue weighted by Crippen LogP contribution is -2.57. The van der Waals surface area contributed by atoms with Crippen LogP contribution < -0.4 is 11.3 Å². The van der Waals surface area contributed by atoms with Gasteiger partial charge in [0.15, 0.2) is 11.2 Å². The smallest absolute Gasteiger partial charge is 0.280 e. The highest BCUT2D eigenvalue weighted by molar-refractivity contribution is 6.58. The second kappa shape index (κ2) is 6.88. The van der Waals surface area contributed by atoms with Crippen molar-refractivity contribution in [2.45, 2.75) is 84.2 Å². The van der Waals surface area contributed by atoms with E-state index in [0.717, 1.165) is 0 Å². The van der Waals surface area contributed by atoms with Crippen LogP contribution in [0.2, 0.25) is 13.1 Å². The Morgan fingerprint density at radius 1 is 1.33 bits per heavy atom. The van der Waals surface area contributed by atoms with Gasteiger partial charge in [0.25, 0.3) is 5.56 Å². The quantitative estimate of drug-likeness (QED) is 0.532. The third-order valence-electron chi connectivity index (χ3n) is 6.53. The molecule has 0 bridgehead atoms. The lowest BCUT2D eigenvalue weighted by molar-refractivity contribution is -0.180. The van der Waals surface area contributed by atoms with Crippen LogP contribution in [0.15, 0.2) is 11.1 Å². The van der Waals surface area contributed by atoms with E-state index < -0.39 is 48.3 Å². The minimum Gasteiger partial charge on any atom is -0.390 e. The van der Waals surface area contributed by atoms with Crippen LogP contribution >= 0.6 is 0 Å². The number of hydrogen-bond donors (Lipinski definition) is 4. The van der Waals surface area contributed by atoms with Crippen LogP contribution in [0, 0.1) is 10.8 Å². The fraction of sp³-hybridized carbons (Fsp3) is 0.750. The lowest BCUT2D eigenvalue weighted by Gasteiger charge is -2.44. The number of aliphatic hydroxyl groups excluding tert-OH is 1. The van der Waals surface area contributed by atoms with E-state index in [4.69, 9.17) is 10.5 Å². The van der Waals surface area contributed by atoms with Crippen molar-refractivity contribution < 1.29 is 14.9 Å². The van der Waals surface area contributed by atoms with Crippen molar-refractivity contribution in [1.82, 2.24) is 19.5 Å². The van der Waals surface area contributed by atoms with E-state index in [9.17, 15) is 15.0 Å². The van der Waals surface area contributed by atoms with Crippen molar-refractivity contribution in [2.24, 2.45) is 10.8 Å². The van der Waals surface area contributed by atoms with Crippen LogP contribution in [0.4, 0.5) is 5.95 Å². The molecule has 3 heterocycles. The number of ether oxygens (including phenoxy) is 1. The summed E-state index contributed by atoms with van der Waals surface area (Å²) in [6.45, 7) is 15.8. The van der Waals surface area contributed by atoms with Crippen LogP contribution in [-0.2, 0) is 10.1 Å². The largest absolute Gasteiger partial charge is 0.390 e. The highest BCUT2D eigenvalue weighted by atomic mass is 28.3. The third-order valence-corrected chi connectivity index (χ3v) is 8.96. The van der Waals surface area contributed by atoms with Gasteiger partial charge in [-0.2, -0.15) is 4.98 Å². The molecule has 9 nitrogen and oxygen atoms in total. The van der Waals surface area contributed by atoms with Gasteiger partial charge >= 0.3 is 0 Å². The Bertz CT molecular complexity index is 1010. The molecule has 10 heteroatoms. The van der Waals surface area contributed by atoms with Gasteiger partial charge in [0.05, 0.1) is 21.2 Å². The van der Waals surface area contributed by atoms with Crippen LogP contribution in [0.3, 0.4) is 0 Å². The minimum atomic E-state index is -1.74. The van der Waals surface area contributed by atoms with Gasteiger partial charge in [-0.05, 0) is 10.8 Å². The molecule has 5 N–H and O–H groups in total. The SMILES string of the molecule is C[SiH](C)[C@]1(n2cnc3c(=O)[nH]c(N)nc32)C[C@@](O)(C(C)(C)C)[C@@H](C(O)C(C)(C)C)O1. The van der Waals surface area contributed by atoms with Crippen molar-refractivity contribution in [1.29, 1.82) is 0 Å². The number of nitrogens with one attached hydrogen (secondary N) is 1. The molecule has 0 spiro atoms. The minimum absolute atomic E-state index is 0.00909. The second-order valence-electron chi connectivity index (χ2n) is 10.9. The van der Waals surface area contributed by atoms with E-state index >= 15 is 0 Å². The summed E-state index contributed by atoms with van der Waals surface area (Å²) in [6, 6.07) is 0. The van der Waals surface area contributed by atoms with Gasteiger partial charge in [0.1, 0.15) is 17.1 Å². The number of aromatic amines is 1. The predicted molar refractivity (Wildman–Crippen MR) is 119 cm³/mol. The molecule has 0 saturated carbocycles. The summed E-state index contributed by atoms with van der Waals surface area (Å²) in [5.41, 5.74) is 3.46. The van der Waals surface area contributed by atoms with Gasteiger partial charge in [-0.3, -0.25) is 14.3 Å². The molecule has 30 heavy (non-hydrogen) atoms. The highest BCUT2D eigenvalue weighted by Crippen LogP contribution is 2.53. The lowest BCUT2D eigenvalue weighted by atomic mass is 9.68. The number of aliphatic hydroxyl groups is 2. The first-order valence-electron chi connectivity index (χ1n) is 10.4. The maximum Gasteiger partial charge on any atom is 0.280 e. The van der Waals surface area contributed by atoms with Crippen molar-refractivity contribution in [3.63, 3.8) is 0 Å². The van der Waals surface area contributed by atoms with Crippen molar-refractivity contribution >= 4 is 25.9 Å². The van der Waals surface area contributed by atoms with Gasteiger partial charge in [0, 0.05) is 6.42 Å². The van der Waals surface area contributed by atoms with E-state index in [2.05, 4.69) is 28.0 Å². The average Bonchev–Trinajstić information content (AvgIpc) is 3.13. The molecule has 0 amide bonds. The molecule has 0 aliphatic carbocycles. The molecular weight excluding hydrogens is 402 g/mol.